The van der Waals surface area contributed by atoms with Crippen LogP contribution in [0, 0.1) is 5.82 Å². The summed E-state index contributed by atoms with van der Waals surface area (Å²) in [5.41, 5.74) is 6.24. The highest BCUT2D eigenvalue weighted by atomic mass is 35.5. The summed E-state index contributed by atoms with van der Waals surface area (Å²) in [6.45, 7) is 1.10. The van der Waals surface area contributed by atoms with Gasteiger partial charge in [0, 0.05) is 13.1 Å². The summed E-state index contributed by atoms with van der Waals surface area (Å²) in [6.07, 6.45) is 0. The Morgan fingerprint density at radius 1 is 1.60 bits per heavy atom. The SMILES string of the molecule is CN(CC(N)=S)Cc1ccc(Cl)c(F)c1. The topological polar surface area (TPSA) is 29.3 Å². The fraction of sp³-hybridized carbons (Fsp3) is 0.300. The molecule has 0 saturated heterocycles. The molecule has 0 radical (unpaired) electrons. The van der Waals surface area contributed by atoms with Crippen LogP contribution in [0.15, 0.2) is 18.2 Å². The quantitative estimate of drug-likeness (QED) is 0.826. The Bertz CT molecular complexity index is 370. The van der Waals surface area contributed by atoms with Crippen LogP contribution in [0.1, 0.15) is 5.56 Å². The second-order valence-corrected chi connectivity index (χ2v) is 4.32. The molecule has 1 aromatic rings. The van der Waals surface area contributed by atoms with E-state index in [1.54, 1.807) is 12.1 Å². The lowest BCUT2D eigenvalue weighted by Gasteiger charge is -2.15. The Morgan fingerprint density at radius 2 is 2.27 bits per heavy atom. The van der Waals surface area contributed by atoms with Crippen LogP contribution in [0.25, 0.3) is 0 Å². The number of halogens is 2. The minimum absolute atomic E-state index is 0.135. The molecule has 0 saturated carbocycles. The van der Waals surface area contributed by atoms with Gasteiger partial charge >= 0.3 is 0 Å². The first-order valence-corrected chi connectivity index (χ1v) is 5.18. The molecule has 2 N–H and O–H groups in total. The van der Waals surface area contributed by atoms with Crippen molar-refractivity contribution in [2.45, 2.75) is 6.54 Å². The van der Waals surface area contributed by atoms with Crippen LogP contribution >= 0.6 is 23.8 Å². The van der Waals surface area contributed by atoms with Crippen molar-refractivity contribution >= 4 is 28.8 Å². The summed E-state index contributed by atoms with van der Waals surface area (Å²) in [7, 11) is 1.87. The molecule has 0 spiro atoms. The third kappa shape index (κ3) is 4.11. The van der Waals surface area contributed by atoms with Gasteiger partial charge in [-0.05, 0) is 24.7 Å². The summed E-state index contributed by atoms with van der Waals surface area (Å²) in [6, 6.07) is 4.74. The van der Waals surface area contributed by atoms with Crippen LogP contribution in [0.4, 0.5) is 4.39 Å². The van der Waals surface area contributed by atoms with Crippen molar-refractivity contribution in [1.82, 2.24) is 4.90 Å². The smallest absolute Gasteiger partial charge is 0.142 e. The molecule has 0 bridgehead atoms. The first kappa shape index (κ1) is 12.4. The molecule has 1 rings (SSSR count). The molecule has 1 aromatic carbocycles. The van der Waals surface area contributed by atoms with Gasteiger partial charge in [0.25, 0.3) is 0 Å². The molecule has 15 heavy (non-hydrogen) atoms. The maximum atomic E-state index is 13.1. The van der Waals surface area contributed by atoms with Crippen molar-refractivity contribution in [3.8, 4) is 0 Å². The van der Waals surface area contributed by atoms with E-state index in [0.29, 0.717) is 18.1 Å². The third-order valence-corrected chi connectivity index (χ3v) is 2.30. The Labute approximate surface area is 98.8 Å². The van der Waals surface area contributed by atoms with Crippen LogP contribution in [0.2, 0.25) is 5.02 Å². The van der Waals surface area contributed by atoms with E-state index in [1.165, 1.54) is 6.07 Å². The molecular weight excluding hydrogens is 235 g/mol. The second-order valence-electron chi connectivity index (χ2n) is 3.39. The van der Waals surface area contributed by atoms with Gasteiger partial charge in [-0.3, -0.25) is 4.90 Å². The van der Waals surface area contributed by atoms with Gasteiger partial charge in [-0.1, -0.05) is 29.9 Å². The average Bonchev–Trinajstić information content (AvgIpc) is 2.10. The number of hydrogen-bond donors (Lipinski definition) is 1. The van der Waals surface area contributed by atoms with Crippen molar-refractivity contribution in [3.63, 3.8) is 0 Å². The van der Waals surface area contributed by atoms with Crippen molar-refractivity contribution in [3.05, 3.63) is 34.6 Å². The molecule has 2 nitrogen and oxygen atoms in total. The molecule has 0 aliphatic rings. The summed E-state index contributed by atoms with van der Waals surface area (Å²) in [4.78, 5) is 2.33. The molecule has 0 atom stereocenters. The zero-order valence-corrected chi connectivity index (χ0v) is 9.91. The van der Waals surface area contributed by atoms with Gasteiger partial charge in [0.15, 0.2) is 0 Å². The lowest BCUT2D eigenvalue weighted by atomic mass is 10.2. The molecule has 82 valence electrons. The summed E-state index contributed by atoms with van der Waals surface area (Å²) in [5.74, 6) is -0.405. The zero-order chi connectivity index (χ0) is 11.4. The van der Waals surface area contributed by atoms with Crippen LogP contribution in [-0.2, 0) is 6.54 Å². The summed E-state index contributed by atoms with van der Waals surface area (Å²) < 4.78 is 13.1. The minimum Gasteiger partial charge on any atom is -0.392 e. The monoisotopic (exact) mass is 246 g/mol. The van der Waals surface area contributed by atoms with Crippen LogP contribution in [-0.4, -0.2) is 23.5 Å². The number of hydrogen-bond acceptors (Lipinski definition) is 2. The Hall–Kier alpha value is -0.710. The van der Waals surface area contributed by atoms with Crippen molar-refractivity contribution in [1.29, 1.82) is 0 Å². The first-order chi connectivity index (χ1) is 6.99. The Balaban J connectivity index is 2.64. The Kier molecular flexibility index (Phi) is 4.45. The van der Waals surface area contributed by atoms with E-state index in [1.807, 2.05) is 11.9 Å². The van der Waals surface area contributed by atoms with Crippen LogP contribution in [0.5, 0.6) is 0 Å². The van der Waals surface area contributed by atoms with Crippen molar-refractivity contribution in [2.24, 2.45) is 5.73 Å². The molecule has 0 amide bonds. The van der Waals surface area contributed by atoms with E-state index < -0.39 is 5.82 Å². The largest absolute Gasteiger partial charge is 0.392 e. The third-order valence-electron chi connectivity index (χ3n) is 1.86. The highest BCUT2D eigenvalue weighted by molar-refractivity contribution is 7.80. The highest BCUT2D eigenvalue weighted by Gasteiger charge is 2.04. The highest BCUT2D eigenvalue weighted by Crippen LogP contribution is 2.16. The zero-order valence-electron chi connectivity index (χ0n) is 8.34. The van der Waals surface area contributed by atoms with E-state index in [0.717, 1.165) is 5.56 Å². The van der Waals surface area contributed by atoms with Gasteiger partial charge in [-0.15, -0.1) is 0 Å². The van der Waals surface area contributed by atoms with Gasteiger partial charge in [0.1, 0.15) is 5.82 Å². The fourth-order valence-corrected chi connectivity index (χ4v) is 1.61. The molecule has 5 heteroatoms. The maximum Gasteiger partial charge on any atom is 0.142 e. The number of thiocarbonyl (C=S) groups is 1. The minimum atomic E-state index is -0.405. The predicted octanol–water partition coefficient (Wildman–Crippen LogP) is 2.20. The molecule has 0 aliphatic carbocycles. The number of rotatable bonds is 4. The number of likely N-dealkylation sites (N-methyl/N-ethyl adjacent to an activating group) is 1. The lowest BCUT2D eigenvalue weighted by Crippen LogP contribution is -2.28. The van der Waals surface area contributed by atoms with E-state index in [-0.39, 0.29) is 5.02 Å². The van der Waals surface area contributed by atoms with Crippen molar-refractivity contribution < 1.29 is 4.39 Å². The molecular formula is C10H12ClFN2S. The van der Waals surface area contributed by atoms with Crippen LogP contribution in [0.3, 0.4) is 0 Å². The Morgan fingerprint density at radius 3 is 2.80 bits per heavy atom. The van der Waals surface area contributed by atoms with Gasteiger partial charge in [0.05, 0.1) is 10.0 Å². The molecule has 0 heterocycles. The van der Waals surface area contributed by atoms with E-state index in [9.17, 15) is 4.39 Å². The summed E-state index contributed by atoms with van der Waals surface area (Å²) in [5, 5.41) is 0.135. The van der Waals surface area contributed by atoms with Crippen molar-refractivity contribution in [2.75, 3.05) is 13.6 Å². The normalized spacial score (nSPS) is 10.7. The van der Waals surface area contributed by atoms with Gasteiger partial charge in [-0.2, -0.15) is 0 Å². The molecule has 0 fully saturated rings. The molecule has 0 unspecified atom stereocenters. The number of nitrogens with two attached hydrogens (primary N) is 1. The number of nitrogens with zero attached hydrogens (tertiary/aromatic N) is 1. The predicted molar refractivity (Wildman–Crippen MR) is 64.5 cm³/mol. The molecule has 0 aromatic heterocycles. The summed E-state index contributed by atoms with van der Waals surface area (Å²) >= 11 is 10.3. The standard InChI is InChI=1S/C10H12ClFN2S/c1-14(6-10(13)15)5-7-2-3-8(11)9(12)4-7/h2-4H,5-6H2,1H3,(H2,13,15). The number of benzene rings is 1. The maximum absolute atomic E-state index is 13.1. The van der Waals surface area contributed by atoms with E-state index >= 15 is 0 Å². The lowest BCUT2D eigenvalue weighted by molar-refractivity contribution is 0.374. The average molecular weight is 247 g/mol. The van der Waals surface area contributed by atoms with E-state index in [4.69, 9.17) is 29.6 Å². The second kappa shape index (κ2) is 5.39. The van der Waals surface area contributed by atoms with Gasteiger partial charge in [0.2, 0.25) is 0 Å². The van der Waals surface area contributed by atoms with E-state index in [2.05, 4.69) is 0 Å². The molecule has 0 aliphatic heterocycles. The van der Waals surface area contributed by atoms with Crippen LogP contribution < -0.4 is 5.73 Å². The van der Waals surface area contributed by atoms with Gasteiger partial charge < -0.3 is 5.73 Å². The first-order valence-electron chi connectivity index (χ1n) is 4.40. The van der Waals surface area contributed by atoms with Gasteiger partial charge in [-0.25, -0.2) is 4.39 Å². The fourth-order valence-electron chi connectivity index (χ4n) is 1.27.